The van der Waals surface area contributed by atoms with Crippen LogP contribution in [0.2, 0.25) is 0 Å². The first-order chi connectivity index (χ1) is 10.7. The molecule has 0 spiro atoms. The molecule has 1 aromatic carbocycles. The van der Waals surface area contributed by atoms with Crippen molar-refractivity contribution in [2.75, 3.05) is 18.4 Å². The Bertz CT molecular complexity index is 499. The van der Waals surface area contributed by atoms with E-state index in [-0.39, 0.29) is 18.1 Å². The number of anilines is 1. The smallest absolute Gasteiger partial charge is 0.224 e. The summed E-state index contributed by atoms with van der Waals surface area (Å²) in [7, 11) is 0. The summed E-state index contributed by atoms with van der Waals surface area (Å²) in [6.07, 6.45) is 3.97. The van der Waals surface area contributed by atoms with Gasteiger partial charge in [0.05, 0.1) is 6.10 Å². The topological polar surface area (TPSA) is 70.6 Å². The Balaban J connectivity index is 1.49. The molecule has 0 aromatic heterocycles. The summed E-state index contributed by atoms with van der Waals surface area (Å²) in [4.78, 5) is 11.9. The Morgan fingerprint density at radius 2 is 1.95 bits per heavy atom. The van der Waals surface area contributed by atoms with E-state index < -0.39 is 0 Å². The highest BCUT2D eigenvalue weighted by Gasteiger charge is 2.24. The summed E-state index contributed by atoms with van der Waals surface area (Å²) in [6.45, 7) is 1.87. The van der Waals surface area contributed by atoms with Gasteiger partial charge < -0.3 is 20.5 Å². The lowest BCUT2D eigenvalue weighted by Gasteiger charge is -2.28. The molecule has 1 saturated heterocycles. The first-order valence-electron chi connectivity index (χ1n) is 8.16. The third-order valence-corrected chi connectivity index (χ3v) is 4.43. The minimum Gasteiger partial charge on any atom is -0.488 e. The van der Waals surface area contributed by atoms with Gasteiger partial charge >= 0.3 is 0 Å². The lowest BCUT2D eigenvalue weighted by molar-refractivity contribution is -0.117. The monoisotopic (exact) mass is 304 g/mol. The number of hydrogen-bond donors (Lipinski definition) is 3. The summed E-state index contributed by atoms with van der Waals surface area (Å²) in [6, 6.07) is 7.40. The molecule has 0 bridgehead atoms. The Hall–Kier alpha value is -1.59. The lowest BCUT2D eigenvalue weighted by Crippen LogP contribution is -2.43. The molecule has 1 aliphatic carbocycles. The van der Waals surface area contributed by atoms with Crippen LogP contribution in [0.15, 0.2) is 24.3 Å². The van der Waals surface area contributed by atoms with Crippen LogP contribution in [0.1, 0.15) is 32.1 Å². The highest BCUT2D eigenvalue weighted by atomic mass is 16.5. The van der Waals surface area contributed by atoms with Gasteiger partial charge in [-0.3, -0.25) is 4.79 Å². The molecule has 1 aliphatic heterocycles. The van der Waals surface area contributed by atoms with Crippen LogP contribution in [0.5, 0.6) is 5.75 Å². The first kappa shape index (κ1) is 15.3. The van der Waals surface area contributed by atoms with E-state index in [1.54, 1.807) is 0 Å². The van der Waals surface area contributed by atoms with Crippen LogP contribution in [0.4, 0.5) is 5.69 Å². The summed E-state index contributed by atoms with van der Waals surface area (Å²) in [5.74, 6) is 1.27. The summed E-state index contributed by atoms with van der Waals surface area (Å²) in [5, 5.41) is 16.0. The van der Waals surface area contributed by atoms with Crippen LogP contribution in [0.25, 0.3) is 0 Å². The maximum Gasteiger partial charge on any atom is 0.224 e. The molecule has 1 aromatic rings. The number of carbonyl (C=O) groups excluding carboxylic acids is 1. The Morgan fingerprint density at radius 3 is 2.59 bits per heavy atom. The van der Waals surface area contributed by atoms with Crippen molar-refractivity contribution in [3.05, 3.63) is 24.3 Å². The van der Waals surface area contributed by atoms with Gasteiger partial charge in [-0.1, -0.05) is 6.42 Å². The maximum atomic E-state index is 11.9. The minimum atomic E-state index is -0.371. The fourth-order valence-electron chi connectivity index (χ4n) is 2.97. The molecular weight excluding hydrogens is 280 g/mol. The van der Waals surface area contributed by atoms with Gasteiger partial charge in [0.25, 0.3) is 0 Å². The normalized spacial score (nSPS) is 25.3. The van der Waals surface area contributed by atoms with Crippen molar-refractivity contribution in [1.82, 2.24) is 5.32 Å². The number of aliphatic hydroxyl groups is 1. The third kappa shape index (κ3) is 3.99. The van der Waals surface area contributed by atoms with E-state index >= 15 is 0 Å². The predicted molar refractivity (Wildman–Crippen MR) is 84.9 cm³/mol. The molecule has 1 heterocycles. The highest BCUT2D eigenvalue weighted by molar-refractivity contribution is 5.90. The van der Waals surface area contributed by atoms with Crippen molar-refractivity contribution in [3.8, 4) is 5.75 Å². The van der Waals surface area contributed by atoms with Gasteiger partial charge in [-0.15, -0.1) is 0 Å². The fourth-order valence-corrected chi connectivity index (χ4v) is 2.97. The average Bonchev–Trinajstić information content (AvgIpc) is 2.47. The number of carbonyl (C=O) groups is 1. The number of amides is 1. The van der Waals surface area contributed by atoms with Gasteiger partial charge in [-0.05, 0) is 62.5 Å². The van der Waals surface area contributed by atoms with E-state index in [9.17, 15) is 9.90 Å². The van der Waals surface area contributed by atoms with E-state index in [1.165, 1.54) is 0 Å². The van der Waals surface area contributed by atoms with Crippen LogP contribution < -0.4 is 15.4 Å². The van der Waals surface area contributed by atoms with Crippen LogP contribution in [-0.2, 0) is 4.79 Å². The van der Waals surface area contributed by atoms with Crippen molar-refractivity contribution < 1.29 is 14.6 Å². The number of benzene rings is 1. The van der Waals surface area contributed by atoms with Crippen molar-refractivity contribution in [3.63, 3.8) is 0 Å². The van der Waals surface area contributed by atoms with Crippen molar-refractivity contribution in [1.29, 1.82) is 0 Å². The standard InChI is InChI=1S/C17H24N2O3/c20-15-3-1-2-4-16(15)22-14-7-5-13(6-8-14)19-17(21)9-12-10-18-11-12/h5-8,12,15-16,18,20H,1-4,9-11H2,(H,19,21). The molecule has 5 heteroatoms. The van der Waals surface area contributed by atoms with E-state index in [2.05, 4.69) is 10.6 Å². The SMILES string of the molecule is O=C(CC1CNC1)Nc1ccc(OC2CCCCC2O)cc1. The number of ether oxygens (including phenoxy) is 1. The molecule has 2 fully saturated rings. The Kier molecular flexibility index (Phi) is 4.95. The van der Waals surface area contributed by atoms with E-state index in [0.717, 1.165) is 50.2 Å². The third-order valence-electron chi connectivity index (χ3n) is 4.43. The summed E-state index contributed by atoms with van der Waals surface area (Å²) < 4.78 is 5.85. The van der Waals surface area contributed by atoms with Crippen LogP contribution in [-0.4, -0.2) is 36.3 Å². The minimum absolute atomic E-state index is 0.0582. The summed E-state index contributed by atoms with van der Waals surface area (Å²) in [5.41, 5.74) is 0.786. The molecule has 3 rings (SSSR count). The van der Waals surface area contributed by atoms with Crippen molar-refractivity contribution in [2.45, 2.75) is 44.3 Å². The zero-order valence-corrected chi connectivity index (χ0v) is 12.8. The van der Waals surface area contributed by atoms with Crippen LogP contribution in [0.3, 0.4) is 0 Å². The molecule has 120 valence electrons. The molecular formula is C17H24N2O3. The van der Waals surface area contributed by atoms with E-state index in [1.807, 2.05) is 24.3 Å². The predicted octanol–water partition coefficient (Wildman–Crippen LogP) is 1.92. The molecule has 3 N–H and O–H groups in total. The summed E-state index contributed by atoms with van der Waals surface area (Å²) >= 11 is 0. The van der Waals surface area contributed by atoms with Crippen LogP contribution in [0, 0.1) is 5.92 Å². The number of nitrogens with one attached hydrogen (secondary N) is 2. The molecule has 1 saturated carbocycles. The second-order valence-electron chi connectivity index (χ2n) is 6.31. The second-order valence-corrected chi connectivity index (χ2v) is 6.31. The second kappa shape index (κ2) is 7.11. The zero-order chi connectivity index (χ0) is 15.4. The quantitative estimate of drug-likeness (QED) is 0.777. The van der Waals surface area contributed by atoms with E-state index in [4.69, 9.17) is 4.74 Å². The van der Waals surface area contributed by atoms with Gasteiger partial charge in [0, 0.05) is 12.1 Å². The fraction of sp³-hybridized carbons (Fsp3) is 0.588. The van der Waals surface area contributed by atoms with Gasteiger partial charge in [0.15, 0.2) is 0 Å². The van der Waals surface area contributed by atoms with E-state index in [0.29, 0.717) is 12.3 Å². The number of hydrogen-bond acceptors (Lipinski definition) is 4. The van der Waals surface area contributed by atoms with Crippen molar-refractivity contribution in [2.24, 2.45) is 5.92 Å². The average molecular weight is 304 g/mol. The molecule has 1 amide bonds. The molecule has 2 aliphatic rings. The maximum absolute atomic E-state index is 11.9. The molecule has 22 heavy (non-hydrogen) atoms. The van der Waals surface area contributed by atoms with Crippen molar-refractivity contribution >= 4 is 11.6 Å². The van der Waals surface area contributed by atoms with Gasteiger partial charge in [-0.2, -0.15) is 0 Å². The van der Waals surface area contributed by atoms with Gasteiger partial charge in [0.2, 0.25) is 5.91 Å². The Morgan fingerprint density at radius 1 is 1.23 bits per heavy atom. The largest absolute Gasteiger partial charge is 0.488 e. The molecule has 2 atom stereocenters. The first-order valence-corrected chi connectivity index (χ1v) is 8.16. The Labute approximate surface area is 131 Å². The molecule has 5 nitrogen and oxygen atoms in total. The van der Waals surface area contributed by atoms with Gasteiger partial charge in [-0.25, -0.2) is 0 Å². The molecule has 0 radical (unpaired) electrons. The zero-order valence-electron chi connectivity index (χ0n) is 12.8. The number of aliphatic hydroxyl groups excluding tert-OH is 1. The highest BCUT2D eigenvalue weighted by Crippen LogP contribution is 2.25. The van der Waals surface area contributed by atoms with Crippen LogP contribution >= 0.6 is 0 Å². The lowest BCUT2D eigenvalue weighted by atomic mass is 9.95. The van der Waals surface area contributed by atoms with Gasteiger partial charge in [0.1, 0.15) is 11.9 Å². The number of rotatable bonds is 5. The molecule has 2 unspecified atom stereocenters.